The maximum Gasteiger partial charge on any atom is 0.252 e. The molecule has 0 bridgehead atoms. The van der Waals surface area contributed by atoms with Crippen LogP contribution in [0.4, 0.5) is 0 Å². The lowest BCUT2D eigenvalue weighted by Crippen LogP contribution is -2.42. The van der Waals surface area contributed by atoms with Crippen LogP contribution in [0.25, 0.3) is 22.2 Å². The monoisotopic (exact) mass is 348 g/mol. The van der Waals surface area contributed by atoms with Crippen LogP contribution in [0.2, 0.25) is 0 Å². The van der Waals surface area contributed by atoms with Crippen molar-refractivity contribution in [2.75, 3.05) is 6.54 Å². The third-order valence-corrected chi connectivity index (χ3v) is 4.29. The topological polar surface area (TPSA) is 98.0 Å². The molecule has 0 saturated heterocycles. The normalized spacial score (nSPS) is 11.3. The first-order chi connectivity index (χ1) is 12.4. The fourth-order valence-electron chi connectivity index (χ4n) is 2.52. The lowest BCUT2D eigenvalue weighted by atomic mass is 9.92. The van der Waals surface area contributed by atoms with E-state index in [0.717, 1.165) is 16.5 Å². The molecule has 0 radical (unpaired) electrons. The highest BCUT2D eigenvalue weighted by atomic mass is 16.2. The number of amides is 2. The minimum Gasteiger partial charge on any atom is -0.369 e. The first-order valence-corrected chi connectivity index (χ1v) is 8.27. The Morgan fingerprint density at radius 3 is 2.50 bits per heavy atom. The van der Waals surface area contributed by atoms with Crippen molar-refractivity contribution in [1.29, 1.82) is 0 Å². The van der Waals surface area contributed by atoms with Crippen molar-refractivity contribution in [2.24, 2.45) is 11.1 Å². The molecule has 0 fully saturated rings. The Bertz CT molecular complexity index is 968. The smallest absolute Gasteiger partial charge is 0.252 e. The van der Waals surface area contributed by atoms with E-state index in [2.05, 4.69) is 15.3 Å². The number of benzene rings is 1. The molecule has 132 valence electrons. The Labute approximate surface area is 151 Å². The first-order valence-electron chi connectivity index (χ1n) is 8.27. The standard InChI is InChI=1S/C20H20N4O2/c1-20(2,19(21)26)12-23-18(25)15-11-17(13-7-9-22-10-8-13)24-16-6-4-3-5-14(15)16/h3-11H,12H2,1-2H3,(H2,21,26)(H,23,25). The number of fused-ring (bicyclic) bond motifs is 1. The molecule has 2 amide bonds. The molecule has 0 aliphatic rings. The number of nitrogens with one attached hydrogen (secondary N) is 1. The predicted molar refractivity (Wildman–Crippen MR) is 100 cm³/mol. The van der Waals surface area contributed by atoms with Gasteiger partial charge in [0.2, 0.25) is 5.91 Å². The molecule has 3 rings (SSSR count). The molecular formula is C20H20N4O2. The number of hydrogen-bond donors (Lipinski definition) is 2. The number of carbonyl (C=O) groups excluding carboxylic acids is 2. The van der Waals surface area contributed by atoms with E-state index in [1.807, 2.05) is 36.4 Å². The van der Waals surface area contributed by atoms with Gasteiger partial charge in [-0.25, -0.2) is 4.98 Å². The van der Waals surface area contributed by atoms with Gasteiger partial charge in [-0.2, -0.15) is 0 Å². The van der Waals surface area contributed by atoms with Crippen LogP contribution in [0.5, 0.6) is 0 Å². The van der Waals surface area contributed by atoms with Crippen molar-refractivity contribution in [1.82, 2.24) is 15.3 Å². The molecule has 3 N–H and O–H groups in total. The minimum absolute atomic E-state index is 0.155. The SMILES string of the molecule is CC(C)(CNC(=O)c1cc(-c2ccncc2)nc2ccccc12)C(N)=O. The number of para-hydroxylation sites is 1. The average Bonchev–Trinajstić information content (AvgIpc) is 2.66. The quantitative estimate of drug-likeness (QED) is 0.740. The summed E-state index contributed by atoms with van der Waals surface area (Å²) in [4.78, 5) is 32.9. The second kappa shape index (κ2) is 6.92. The van der Waals surface area contributed by atoms with Crippen molar-refractivity contribution < 1.29 is 9.59 Å². The van der Waals surface area contributed by atoms with Gasteiger partial charge in [-0.15, -0.1) is 0 Å². The Kier molecular flexibility index (Phi) is 4.67. The van der Waals surface area contributed by atoms with E-state index in [1.54, 1.807) is 32.3 Å². The zero-order valence-electron chi connectivity index (χ0n) is 14.7. The molecule has 3 aromatic rings. The Morgan fingerprint density at radius 1 is 1.12 bits per heavy atom. The summed E-state index contributed by atoms with van der Waals surface area (Å²) in [5.74, 6) is -0.733. The molecule has 0 unspecified atom stereocenters. The second-order valence-corrected chi connectivity index (χ2v) is 6.74. The molecular weight excluding hydrogens is 328 g/mol. The van der Waals surface area contributed by atoms with Crippen LogP contribution in [0.1, 0.15) is 24.2 Å². The summed E-state index contributed by atoms with van der Waals surface area (Å²) in [7, 11) is 0. The van der Waals surface area contributed by atoms with Gasteiger partial charge in [0.1, 0.15) is 0 Å². The number of nitrogens with zero attached hydrogens (tertiary/aromatic N) is 2. The summed E-state index contributed by atoms with van der Waals surface area (Å²) in [5.41, 5.74) is 7.34. The summed E-state index contributed by atoms with van der Waals surface area (Å²) < 4.78 is 0. The number of primary amides is 1. The largest absolute Gasteiger partial charge is 0.369 e. The van der Waals surface area contributed by atoms with Crippen LogP contribution < -0.4 is 11.1 Å². The molecule has 0 aliphatic heterocycles. The Hall–Kier alpha value is -3.28. The van der Waals surface area contributed by atoms with Crippen molar-refractivity contribution in [3.05, 3.63) is 60.4 Å². The van der Waals surface area contributed by atoms with Gasteiger partial charge in [-0.1, -0.05) is 18.2 Å². The summed E-state index contributed by atoms with van der Waals surface area (Å²) >= 11 is 0. The third-order valence-electron chi connectivity index (χ3n) is 4.29. The maximum absolute atomic E-state index is 12.8. The third kappa shape index (κ3) is 3.54. The number of nitrogens with two attached hydrogens (primary N) is 1. The number of pyridine rings is 2. The fourth-order valence-corrected chi connectivity index (χ4v) is 2.52. The summed E-state index contributed by atoms with van der Waals surface area (Å²) in [6.45, 7) is 3.55. The number of hydrogen-bond acceptors (Lipinski definition) is 4. The summed E-state index contributed by atoms with van der Waals surface area (Å²) in [6.07, 6.45) is 3.36. The Balaban J connectivity index is 2.01. The van der Waals surface area contributed by atoms with E-state index < -0.39 is 11.3 Å². The number of aromatic nitrogens is 2. The zero-order chi connectivity index (χ0) is 18.7. The van der Waals surface area contributed by atoms with Gasteiger partial charge in [0.05, 0.1) is 22.2 Å². The van der Waals surface area contributed by atoms with Crippen LogP contribution >= 0.6 is 0 Å². The van der Waals surface area contributed by atoms with Crippen LogP contribution in [-0.2, 0) is 4.79 Å². The number of carbonyl (C=O) groups is 2. The molecule has 0 spiro atoms. The lowest BCUT2D eigenvalue weighted by Gasteiger charge is -2.21. The van der Waals surface area contributed by atoms with E-state index in [9.17, 15) is 9.59 Å². The average molecular weight is 348 g/mol. The highest BCUT2D eigenvalue weighted by Crippen LogP contribution is 2.24. The van der Waals surface area contributed by atoms with E-state index >= 15 is 0 Å². The fraction of sp³-hybridized carbons (Fsp3) is 0.200. The molecule has 2 heterocycles. The molecule has 0 atom stereocenters. The van der Waals surface area contributed by atoms with E-state index in [1.165, 1.54) is 0 Å². The van der Waals surface area contributed by atoms with Crippen LogP contribution in [0.15, 0.2) is 54.9 Å². The highest BCUT2D eigenvalue weighted by Gasteiger charge is 2.26. The molecule has 1 aromatic carbocycles. The van der Waals surface area contributed by atoms with Gasteiger partial charge in [0.25, 0.3) is 5.91 Å². The van der Waals surface area contributed by atoms with Crippen molar-refractivity contribution in [3.8, 4) is 11.3 Å². The molecule has 26 heavy (non-hydrogen) atoms. The van der Waals surface area contributed by atoms with E-state index in [-0.39, 0.29) is 12.5 Å². The van der Waals surface area contributed by atoms with Crippen LogP contribution in [0.3, 0.4) is 0 Å². The van der Waals surface area contributed by atoms with E-state index in [0.29, 0.717) is 11.3 Å². The van der Waals surface area contributed by atoms with Gasteiger partial charge < -0.3 is 11.1 Å². The van der Waals surface area contributed by atoms with Gasteiger partial charge in [-0.3, -0.25) is 14.6 Å². The Morgan fingerprint density at radius 2 is 1.81 bits per heavy atom. The predicted octanol–water partition coefficient (Wildman–Crippen LogP) is 2.54. The molecule has 0 aliphatic carbocycles. The van der Waals surface area contributed by atoms with Crippen molar-refractivity contribution >= 4 is 22.7 Å². The molecule has 2 aromatic heterocycles. The van der Waals surface area contributed by atoms with Gasteiger partial charge in [0, 0.05) is 29.9 Å². The van der Waals surface area contributed by atoms with Crippen LogP contribution in [-0.4, -0.2) is 28.3 Å². The maximum atomic E-state index is 12.8. The summed E-state index contributed by atoms with van der Waals surface area (Å²) in [5, 5.41) is 3.56. The number of rotatable bonds is 5. The zero-order valence-corrected chi connectivity index (χ0v) is 14.7. The van der Waals surface area contributed by atoms with Gasteiger partial charge >= 0.3 is 0 Å². The van der Waals surface area contributed by atoms with E-state index in [4.69, 9.17) is 5.73 Å². The van der Waals surface area contributed by atoms with Gasteiger partial charge in [-0.05, 0) is 38.1 Å². The second-order valence-electron chi connectivity index (χ2n) is 6.74. The molecule has 6 nitrogen and oxygen atoms in total. The summed E-state index contributed by atoms with van der Waals surface area (Å²) in [6, 6.07) is 12.9. The molecule has 0 saturated carbocycles. The van der Waals surface area contributed by atoms with Gasteiger partial charge in [0.15, 0.2) is 0 Å². The minimum atomic E-state index is -0.827. The highest BCUT2D eigenvalue weighted by molar-refractivity contribution is 6.07. The first kappa shape index (κ1) is 17.5. The van der Waals surface area contributed by atoms with Crippen LogP contribution in [0, 0.1) is 5.41 Å². The lowest BCUT2D eigenvalue weighted by molar-refractivity contribution is -0.125. The van der Waals surface area contributed by atoms with Crippen molar-refractivity contribution in [3.63, 3.8) is 0 Å². The van der Waals surface area contributed by atoms with Crippen molar-refractivity contribution in [2.45, 2.75) is 13.8 Å². The molecule has 6 heteroatoms.